The number of hydrogen-bond donors (Lipinski definition) is 2. The number of carbonyl (C=O) groups excluding carboxylic acids is 1. The molecule has 0 spiro atoms. The molecule has 0 aliphatic carbocycles. The summed E-state index contributed by atoms with van der Waals surface area (Å²) in [5.74, 6) is -3.92. The van der Waals surface area contributed by atoms with Crippen molar-refractivity contribution in [3.8, 4) is 0 Å². The summed E-state index contributed by atoms with van der Waals surface area (Å²) in [6.45, 7) is 0. The zero-order chi connectivity index (χ0) is 13.7. The highest BCUT2D eigenvalue weighted by atomic mass is 35.5. The van der Waals surface area contributed by atoms with Gasteiger partial charge in [-0.2, -0.15) is 0 Å². The summed E-state index contributed by atoms with van der Waals surface area (Å²) in [5.41, 5.74) is -0.320. The van der Waals surface area contributed by atoms with E-state index in [0.717, 1.165) is 17.8 Å². The fourth-order valence-electron chi connectivity index (χ4n) is 1.07. The first-order valence-corrected chi connectivity index (χ1v) is 6.17. The van der Waals surface area contributed by atoms with Crippen LogP contribution in [-0.4, -0.2) is 28.5 Å². The predicted octanol–water partition coefficient (Wildman–Crippen LogP) is 2.37. The van der Waals surface area contributed by atoms with Gasteiger partial charge in [-0.05, 0) is 6.07 Å². The van der Waals surface area contributed by atoms with E-state index in [1.54, 1.807) is 0 Å². The van der Waals surface area contributed by atoms with E-state index in [1.807, 2.05) is 0 Å². The second-order valence-electron chi connectivity index (χ2n) is 3.18. The van der Waals surface area contributed by atoms with Crippen LogP contribution >= 0.6 is 23.4 Å². The van der Waals surface area contributed by atoms with Gasteiger partial charge in [0.15, 0.2) is 5.82 Å². The second-order valence-corrected chi connectivity index (χ2v) is 4.57. The van der Waals surface area contributed by atoms with Crippen molar-refractivity contribution in [2.45, 2.75) is 0 Å². The van der Waals surface area contributed by atoms with Crippen molar-refractivity contribution in [1.82, 2.24) is 0 Å². The van der Waals surface area contributed by atoms with Crippen LogP contribution in [0.5, 0.6) is 0 Å². The lowest BCUT2D eigenvalue weighted by molar-refractivity contribution is -0.133. The quantitative estimate of drug-likeness (QED) is 0.875. The molecule has 0 saturated heterocycles. The molecule has 1 amide bonds. The highest BCUT2D eigenvalue weighted by molar-refractivity contribution is 8.00. The van der Waals surface area contributed by atoms with Crippen molar-refractivity contribution in [3.05, 3.63) is 28.8 Å². The zero-order valence-electron chi connectivity index (χ0n) is 8.87. The fraction of sp³-hybridized carbons (Fsp3) is 0.200. The summed E-state index contributed by atoms with van der Waals surface area (Å²) in [5, 5.41) is 10.3. The van der Waals surface area contributed by atoms with Gasteiger partial charge >= 0.3 is 5.97 Å². The van der Waals surface area contributed by atoms with Crippen LogP contribution in [0.25, 0.3) is 0 Å². The molecule has 4 nitrogen and oxygen atoms in total. The van der Waals surface area contributed by atoms with E-state index in [2.05, 4.69) is 5.32 Å². The molecule has 98 valence electrons. The molecule has 8 heteroatoms. The summed E-state index contributed by atoms with van der Waals surface area (Å²) < 4.78 is 26.0. The van der Waals surface area contributed by atoms with Gasteiger partial charge in [0.2, 0.25) is 5.91 Å². The molecule has 1 rings (SSSR count). The molecule has 0 atom stereocenters. The molecule has 0 aliphatic heterocycles. The van der Waals surface area contributed by atoms with Crippen molar-refractivity contribution >= 4 is 40.9 Å². The van der Waals surface area contributed by atoms with Crippen molar-refractivity contribution in [3.63, 3.8) is 0 Å². The van der Waals surface area contributed by atoms with Crippen LogP contribution in [0.15, 0.2) is 12.1 Å². The largest absolute Gasteiger partial charge is 0.481 e. The maximum absolute atomic E-state index is 13.3. The molecule has 0 unspecified atom stereocenters. The van der Waals surface area contributed by atoms with Crippen LogP contribution in [0.2, 0.25) is 5.02 Å². The van der Waals surface area contributed by atoms with E-state index in [-0.39, 0.29) is 22.2 Å². The van der Waals surface area contributed by atoms with Gasteiger partial charge in [-0.1, -0.05) is 11.6 Å². The van der Waals surface area contributed by atoms with Gasteiger partial charge in [0, 0.05) is 6.07 Å². The summed E-state index contributed by atoms with van der Waals surface area (Å²) in [6.07, 6.45) is 0. The van der Waals surface area contributed by atoms with Crippen molar-refractivity contribution in [2.24, 2.45) is 0 Å². The zero-order valence-corrected chi connectivity index (χ0v) is 10.4. The van der Waals surface area contributed by atoms with Gasteiger partial charge in [-0.25, -0.2) is 8.78 Å². The lowest BCUT2D eigenvalue weighted by atomic mass is 10.3. The maximum Gasteiger partial charge on any atom is 0.313 e. The number of carboxylic acid groups (broad SMARTS) is 1. The minimum atomic E-state index is -1.06. The van der Waals surface area contributed by atoms with Gasteiger partial charge in [0.1, 0.15) is 5.82 Å². The predicted molar refractivity (Wildman–Crippen MR) is 65.0 cm³/mol. The number of halogens is 3. The minimum absolute atomic E-state index is 0.167. The Hall–Kier alpha value is -1.34. The Morgan fingerprint density at radius 3 is 2.56 bits per heavy atom. The third kappa shape index (κ3) is 4.50. The SMILES string of the molecule is O=C(O)CSCC(=O)Nc1c(F)cc(F)cc1Cl. The number of nitrogens with one attached hydrogen (secondary N) is 1. The van der Waals surface area contributed by atoms with Crippen molar-refractivity contribution in [1.29, 1.82) is 0 Å². The summed E-state index contributed by atoms with van der Waals surface area (Å²) in [4.78, 5) is 21.5. The van der Waals surface area contributed by atoms with E-state index in [9.17, 15) is 18.4 Å². The second kappa shape index (κ2) is 6.55. The van der Waals surface area contributed by atoms with Gasteiger partial charge in [-0.3, -0.25) is 9.59 Å². The molecule has 0 aromatic heterocycles. The molecule has 0 radical (unpaired) electrons. The molecule has 18 heavy (non-hydrogen) atoms. The third-order valence-corrected chi connectivity index (χ3v) is 2.95. The van der Waals surface area contributed by atoms with Crippen LogP contribution in [0, 0.1) is 11.6 Å². The topological polar surface area (TPSA) is 66.4 Å². The third-order valence-electron chi connectivity index (χ3n) is 1.73. The Labute approximate surface area is 110 Å². The first kappa shape index (κ1) is 14.7. The lowest BCUT2D eigenvalue weighted by Crippen LogP contribution is -2.16. The molecule has 2 N–H and O–H groups in total. The Kier molecular flexibility index (Phi) is 5.36. The lowest BCUT2D eigenvalue weighted by Gasteiger charge is -2.08. The van der Waals surface area contributed by atoms with Crippen LogP contribution in [0.4, 0.5) is 14.5 Å². The smallest absolute Gasteiger partial charge is 0.313 e. The van der Waals surface area contributed by atoms with E-state index in [1.165, 1.54) is 0 Å². The fourth-order valence-corrected chi connectivity index (χ4v) is 1.84. The normalized spacial score (nSPS) is 10.2. The number of aliphatic carboxylic acids is 1. The molecular formula is C10H8ClF2NO3S. The molecule has 0 bridgehead atoms. The molecule has 0 fully saturated rings. The number of rotatable bonds is 5. The van der Waals surface area contributed by atoms with Crippen molar-refractivity contribution in [2.75, 3.05) is 16.8 Å². The van der Waals surface area contributed by atoms with Crippen LogP contribution in [-0.2, 0) is 9.59 Å². The maximum atomic E-state index is 13.3. The number of carbonyl (C=O) groups is 2. The number of benzene rings is 1. The average molecular weight is 296 g/mol. The van der Waals surface area contributed by atoms with Gasteiger partial charge in [0.05, 0.1) is 22.2 Å². The first-order valence-electron chi connectivity index (χ1n) is 4.64. The monoisotopic (exact) mass is 295 g/mol. The standard InChI is InChI=1S/C10H8ClF2NO3S/c11-6-1-5(12)2-7(13)10(6)14-8(15)3-18-4-9(16)17/h1-2H,3-4H2,(H,14,15)(H,16,17). The molecule has 0 saturated carbocycles. The van der Waals surface area contributed by atoms with Crippen LogP contribution < -0.4 is 5.32 Å². The Balaban J connectivity index is 2.62. The number of hydrogen-bond acceptors (Lipinski definition) is 3. The number of thioether (sulfide) groups is 1. The van der Waals surface area contributed by atoms with Crippen molar-refractivity contribution < 1.29 is 23.5 Å². The highest BCUT2D eigenvalue weighted by Crippen LogP contribution is 2.26. The van der Waals surface area contributed by atoms with Gasteiger partial charge < -0.3 is 10.4 Å². The molecule has 1 aromatic rings. The van der Waals surface area contributed by atoms with E-state index < -0.39 is 23.5 Å². The number of amides is 1. The molecular weight excluding hydrogens is 288 g/mol. The number of anilines is 1. The van der Waals surface area contributed by atoms with E-state index in [0.29, 0.717) is 6.07 Å². The van der Waals surface area contributed by atoms with Crippen LogP contribution in [0.3, 0.4) is 0 Å². The average Bonchev–Trinajstić information content (AvgIpc) is 2.22. The molecule has 0 aliphatic rings. The van der Waals surface area contributed by atoms with Crippen LogP contribution in [0.1, 0.15) is 0 Å². The molecule has 1 aromatic carbocycles. The molecule has 0 heterocycles. The summed E-state index contributed by atoms with van der Waals surface area (Å²) in [6, 6.07) is 1.45. The van der Waals surface area contributed by atoms with E-state index in [4.69, 9.17) is 16.7 Å². The number of carboxylic acids is 1. The Morgan fingerprint density at radius 2 is 2.00 bits per heavy atom. The minimum Gasteiger partial charge on any atom is -0.481 e. The van der Waals surface area contributed by atoms with E-state index >= 15 is 0 Å². The summed E-state index contributed by atoms with van der Waals surface area (Å²) >= 11 is 6.42. The Bertz CT molecular complexity index is 461. The summed E-state index contributed by atoms with van der Waals surface area (Å²) in [7, 11) is 0. The highest BCUT2D eigenvalue weighted by Gasteiger charge is 2.13. The first-order chi connectivity index (χ1) is 8.40. The van der Waals surface area contributed by atoms with Gasteiger partial charge in [0.25, 0.3) is 0 Å². The Morgan fingerprint density at radius 1 is 1.33 bits per heavy atom. The van der Waals surface area contributed by atoms with Gasteiger partial charge in [-0.15, -0.1) is 11.8 Å².